The number of carbonyl (C=O) groups excluding carboxylic acids is 2. The minimum absolute atomic E-state index is 0.130. The molecule has 3 heterocycles. The molecule has 1 fully saturated rings. The van der Waals surface area contributed by atoms with Crippen molar-refractivity contribution >= 4 is 27.5 Å². The first kappa shape index (κ1) is 16.8. The molecule has 0 atom stereocenters. The first-order chi connectivity index (χ1) is 12.4. The fraction of sp³-hybridized carbons (Fsp3) is 0.294. The Balaban J connectivity index is 1.48. The molecule has 8 nitrogen and oxygen atoms in total. The summed E-state index contributed by atoms with van der Waals surface area (Å²) in [5.74, 6) is -0.264. The number of aromatic amines is 1. The maximum atomic E-state index is 12.9. The Morgan fingerprint density at radius 3 is 2.54 bits per heavy atom. The standard InChI is InChI=1S/C17H18N4O4S/c22-16-11-12-10-13(3-4-14(12)19-16)26(24,25)21-8-6-20(7-9-21)17(23)15-2-1-5-18-15/h1-5,10,18H,6-9,11H2,(H,19,22). The number of rotatable bonds is 3. The predicted octanol–water partition coefficient (Wildman–Crippen LogP) is 0.656. The minimum Gasteiger partial charge on any atom is -0.357 e. The zero-order chi connectivity index (χ0) is 18.3. The van der Waals surface area contributed by atoms with E-state index in [-0.39, 0.29) is 36.2 Å². The van der Waals surface area contributed by atoms with E-state index < -0.39 is 10.0 Å². The average Bonchev–Trinajstić information content (AvgIpc) is 3.29. The summed E-state index contributed by atoms with van der Waals surface area (Å²) in [5, 5.41) is 2.69. The van der Waals surface area contributed by atoms with Gasteiger partial charge in [-0.2, -0.15) is 4.31 Å². The third kappa shape index (κ3) is 2.89. The summed E-state index contributed by atoms with van der Waals surface area (Å²) >= 11 is 0. The van der Waals surface area contributed by atoms with E-state index in [2.05, 4.69) is 10.3 Å². The van der Waals surface area contributed by atoms with Gasteiger partial charge in [-0.05, 0) is 35.9 Å². The third-order valence-electron chi connectivity index (χ3n) is 4.69. The molecule has 1 aromatic heterocycles. The van der Waals surface area contributed by atoms with Gasteiger partial charge in [0.15, 0.2) is 0 Å². The molecule has 0 spiro atoms. The first-order valence-corrected chi connectivity index (χ1v) is 9.75. The Morgan fingerprint density at radius 1 is 1.08 bits per heavy atom. The summed E-state index contributed by atoms with van der Waals surface area (Å²) in [6.45, 7) is 1.15. The van der Waals surface area contributed by atoms with Gasteiger partial charge in [-0.1, -0.05) is 0 Å². The van der Waals surface area contributed by atoms with Crippen molar-refractivity contribution in [2.45, 2.75) is 11.3 Å². The van der Waals surface area contributed by atoms with Gasteiger partial charge in [-0.3, -0.25) is 9.59 Å². The van der Waals surface area contributed by atoms with Crippen molar-refractivity contribution in [3.8, 4) is 0 Å². The maximum absolute atomic E-state index is 12.9. The Labute approximate surface area is 150 Å². The third-order valence-corrected chi connectivity index (χ3v) is 6.59. The van der Waals surface area contributed by atoms with Crippen molar-refractivity contribution in [3.63, 3.8) is 0 Å². The number of H-pyrrole nitrogens is 1. The van der Waals surface area contributed by atoms with E-state index >= 15 is 0 Å². The summed E-state index contributed by atoms with van der Waals surface area (Å²) < 4.78 is 27.2. The second-order valence-electron chi connectivity index (χ2n) is 6.32. The first-order valence-electron chi connectivity index (χ1n) is 8.31. The number of carbonyl (C=O) groups is 2. The highest BCUT2D eigenvalue weighted by Gasteiger charge is 2.31. The van der Waals surface area contributed by atoms with Crippen LogP contribution in [-0.4, -0.2) is 60.6 Å². The molecule has 1 saturated heterocycles. The molecule has 0 bridgehead atoms. The van der Waals surface area contributed by atoms with Gasteiger partial charge in [0, 0.05) is 38.1 Å². The van der Waals surface area contributed by atoms with Crippen molar-refractivity contribution in [1.82, 2.24) is 14.2 Å². The Morgan fingerprint density at radius 2 is 1.85 bits per heavy atom. The summed E-state index contributed by atoms with van der Waals surface area (Å²) in [6.07, 6.45) is 1.87. The van der Waals surface area contributed by atoms with E-state index in [1.54, 1.807) is 35.4 Å². The van der Waals surface area contributed by atoms with E-state index in [1.807, 2.05) is 0 Å². The van der Waals surface area contributed by atoms with Crippen molar-refractivity contribution in [3.05, 3.63) is 47.8 Å². The number of hydrogen-bond acceptors (Lipinski definition) is 4. The number of anilines is 1. The number of benzene rings is 1. The molecule has 0 radical (unpaired) electrons. The van der Waals surface area contributed by atoms with Gasteiger partial charge in [-0.25, -0.2) is 8.42 Å². The van der Waals surface area contributed by atoms with Gasteiger partial charge in [0.05, 0.1) is 11.3 Å². The maximum Gasteiger partial charge on any atom is 0.270 e. The molecular weight excluding hydrogens is 356 g/mol. The number of piperazine rings is 1. The lowest BCUT2D eigenvalue weighted by molar-refractivity contribution is -0.115. The van der Waals surface area contributed by atoms with Crippen LogP contribution in [0.25, 0.3) is 0 Å². The van der Waals surface area contributed by atoms with Crippen LogP contribution < -0.4 is 5.32 Å². The van der Waals surface area contributed by atoms with Gasteiger partial charge in [0.2, 0.25) is 15.9 Å². The van der Waals surface area contributed by atoms with Crippen LogP contribution in [0.1, 0.15) is 16.1 Å². The fourth-order valence-corrected chi connectivity index (χ4v) is 4.75. The van der Waals surface area contributed by atoms with E-state index in [0.717, 1.165) is 0 Å². The number of aromatic nitrogens is 1. The lowest BCUT2D eigenvalue weighted by Crippen LogP contribution is -2.50. The van der Waals surface area contributed by atoms with Gasteiger partial charge >= 0.3 is 0 Å². The minimum atomic E-state index is -3.66. The Kier molecular flexibility index (Phi) is 4.04. The molecule has 2 aliphatic rings. The molecule has 0 aliphatic carbocycles. The van der Waals surface area contributed by atoms with Crippen LogP contribution in [0, 0.1) is 0 Å². The van der Waals surface area contributed by atoms with Crippen LogP contribution in [0.4, 0.5) is 5.69 Å². The normalized spacial score (nSPS) is 17.8. The molecule has 2 amide bonds. The van der Waals surface area contributed by atoms with Crippen LogP contribution in [0.3, 0.4) is 0 Å². The lowest BCUT2D eigenvalue weighted by atomic mass is 10.2. The van der Waals surface area contributed by atoms with Crippen LogP contribution >= 0.6 is 0 Å². The second-order valence-corrected chi connectivity index (χ2v) is 8.26. The summed E-state index contributed by atoms with van der Waals surface area (Å²) in [7, 11) is -3.66. The molecule has 26 heavy (non-hydrogen) atoms. The predicted molar refractivity (Wildman–Crippen MR) is 94.2 cm³/mol. The van der Waals surface area contributed by atoms with Crippen LogP contribution in [0.2, 0.25) is 0 Å². The topological polar surface area (TPSA) is 103 Å². The van der Waals surface area contributed by atoms with Crippen LogP contribution in [-0.2, 0) is 21.2 Å². The number of fused-ring (bicyclic) bond motifs is 1. The average molecular weight is 374 g/mol. The highest BCUT2D eigenvalue weighted by atomic mass is 32.2. The molecule has 4 rings (SSSR count). The number of amides is 2. The van der Waals surface area contributed by atoms with Gasteiger partial charge in [0.1, 0.15) is 5.69 Å². The van der Waals surface area contributed by atoms with Crippen LogP contribution in [0.5, 0.6) is 0 Å². The molecule has 2 aliphatic heterocycles. The molecular formula is C17H18N4O4S. The monoisotopic (exact) mass is 374 g/mol. The number of hydrogen-bond donors (Lipinski definition) is 2. The molecule has 0 saturated carbocycles. The number of nitrogens with zero attached hydrogens (tertiary/aromatic N) is 2. The smallest absolute Gasteiger partial charge is 0.270 e. The second kappa shape index (κ2) is 6.26. The molecule has 136 valence electrons. The SMILES string of the molecule is O=C1Cc2cc(S(=O)(=O)N3CCN(C(=O)c4ccc[nH]4)CC3)ccc2N1. The van der Waals surface area contributed by atoms with Gasteiger partial charge < -0.3 is 15.2 Å². The lowest BCUT2D eigenvalue weighted by Gasteiger charge is -2.33. The van der Waals surface area contributed by atoms with Crippen molar-refractivity contribution < 1.29 is 18.0 Å². The Hall–Kier alpha value is -2.65. The zero-order valence-corrected chi connectivity index (χ0v) is 14.8. The number of nitrogens with one attached hydrogen (secondary N) is 2. The van der Waals surface area contributed by atoms with Crippen molar-refractivity contribution in [2.24, 2.45) is 0 Å². The quantitative estimate of drug-likeness (QED) is 0.824. The van der Waals surface area contributed by atoms with E-state index in [0.29, 0.717) is 30.0 Å². The molecule has 2 N–H and O–H groups in total. The summed E-state index contributed by atoms with van der Waals surface area (Å²) in [4.78, 5) is 28.5. The van der Waals surface area contributed by atoms with Crippen molar-refractivity contribution in [2.75, 3.05) is 31.5 Å². The molecule has 9 heteroatoms. The molecule has 1 aromatic carbocycles. The van der Waals surface area contributed by atoms with E-state index in [9.17, 15) is 18.0 Å². The Bertz CT molecular complexity index is 961. The largest absolute Gasteiger partial charge is 0.357 e. The highest BCUT2D eigenvalue weighted by Crippen LogP contribution is 2.27. The summed E-state index contributed by atoms with van der Waals surface area (Å²) in [6, 6.07) is 8.14. The highest BCUT2D eigenvalue weighted by molar-refractivity contribution is 7.89. The van der Waals surface area contributed by atoms with E-state index in [4.69, 9.17) is 0 Å². The van der Waals surface area contributed by atoms with Gasteiger partial charge in [-0.15, -0.1) is 0 Å². The van der Waals surface area contributed by atoms with E-state index in [1.165, 1.54) is 10.4 Å². The number of sulfonamides is 1. The van der Waals surface area contributed by atoms with Crippen molar-refractivity contribution in [1.29, 1.82) is 0 Å². The zero-order valence-electron chi connectivity index (χ0n) is 13.9. The molecule has 0 unspecified atom stereocenters. The summed E-state index contributed by atoms with van der Waals surface area (Å²) in [5.41, 5.74) is 1.85. The van der Waals surface area contributed by atoms with Gasteiger partial charge in [0.25, 0.3) is 5.91 Å². The van der Waals surface area contributed by atoms with Crippen LogP contribution in [0.15, 0.2) is 41.4 Å². The molecule has 2 aromatic rings. The fourth-order valence-electron chi connectivity index (χ4n) is 3.28.